The third kappa shape index (κ3) is 3.26. The van der Waals surface area contributed by atoms with Crippen molar-refractivity contribution in [2.24, 2.45) is 0 Å². The number of rotatable bonds is 4. The van der Waals surface area contributed by atoms with E-state index in [0.29, 0.717) is 6.54 Å². The van der Waals surface area contributed by atoms with Gasteiger partial charge in [0.05, 0.1) is 6.42 Å². The number of carboxylic acid groups (broad SMARTS) is 1. The molecule has 1 aromatic carbocycles. The van der Waals surface area contributed by atoms with E-state index in [1.165, 1.54) is 0 Å². The van der Waals surface area contributed by atoms with Crippen molar-refractivity contribution in [2.75, 3.05) is 0 Å². The van der Waals surface area contributed by atoms with Crippen LogP contribution in [0.3, 0.4) is 0 Å². The quantitative estimate of drug-likeness (QED) is 0.931. The number of carbonyl (C=O) groups is 1. The summed E-state index contributed by atoms with van der Waals surface area (Å²) in [6.45, 7) is 6.90. The molecule has 2 rings (SSSR count). The number of benzene rings is 1. The molecule has 106 valence electrons. The van der Waals surface area contributed by atoms with Gasteiger partial charge in [-0.2, -0.15) is 0 Å². The molecular formula is C16H20N2O2. The molecule has 0 atom stereocenters. The fraction of sp³-hybridized carbons (Fsp3) is 0.375. The van der Waals surface area contributed by atoms with Crippen molar-refractivity contribution in [1.29, 1.82) is 0 Å². The van der Waals surface area contributed by atoms with Gasteiger partial charge in [0.25, 0.3) is 0 Å². The van der Waals surface area contributed by atoms with Gasteiger partial charge >= 0.3 is 5.97 Å². The Labute approximate surface area is 119 Å². The zero-order chi connectivity index (χ0) is 14.8. The molecule has 0 aliphatic heterocycles. The van der Waals surface area contributed by atoms with Gasteiger partial charge in [0.1, 0.15) is 5.82 Å². The Hall–Kier alpha value is -2.10. The Bertz CT molecular complexity index is 595. The summed E-state index contributed by atoms with van der Waals surface area (Å²) >= 11 is 0. The lowest BCUT2D eigenvalue weighted by atomic mass is 9.95. The molecule has 0 amide bonds. The molecule has 0 spiro atoms. The van der Waals surface area contributed by atoms with Crippen molar-refractivity contribution in [3.05, 3.63) is 53.6 Å². The maximum absolute atomic E-state index is 11.0. The first-order valence-corrected chi connectivity index (χ1v) is 6.68. The Kier molecular flexibility index (Phi) is 3.93. The fourth-order valence-electron chi connectivity index (χ4n) is 2.25. The summed E-state index contributed by atoms with van der Waals surface area (Å²) in [7, 11) is 0. The van der Waals surface area contributed by atoms with E-state index in [-0.39, 0.29) is 11.8 Å². The molecule has 0 saturated heterocycles. The third-order valence-electron chi connectivity index (χ3n) is 3.12. The van der Waals surface area contributed by atoms with Crippen LogP contribution in [0.5, 0.6) is 0 Å². The second kappa shape index (κ2) is 5.49. The van der Waals surface area contributed by atoms with Crippen molar-refractivity contribution in [2.45, 2.75) is 39.2 Å². The van der Waals surface area contributed by atoms with Gasteiger partial charge in [-0.1, -0.05) is 51.1 Å². The molecule has 1 N–H and O–H groups in total. The first-order valence-electron chi connectivity index (χ1n) is 6.68. The molecule has 4 heteroatoms. The van der Waals surface area contributed by atoms with Crippen LogP contribution in [0.1, 0.15) is 37.9 Å². The lowest BCUT2D eigenvalue weighted by Gasteiger charge is -2.21. The average Bonchev–Trinajstić information content (AvgIpc) is 2.72. The summed E-state index contributed by atoms with van der Waals surface area (Å²) in [4.78, 5) is 15.4. The lowest BCUT2D eigenvalue weighted by Crippen LogP contribution is -2.21. The van der Waals surface area contributed by atoms with Gasteiger partial charge in [0.2, 0.25) is 0 Å². The molecule has 0 fully saturated rings. The standard InChI is InChI=1S/C16H20N2O2/c1-16(2,3)15-17-10-13(9-14(19)20)18(15)11-12-7-5-4-6-8-12/h4-8,10H,9,11H2,1-3H3,(H,19,20). The summed E-state index contributed by atoms with van der Waals surface area (Å²) in [5.74, 6) is 0.0808. The molecule has 0 unspecified atom stereocenters. The maximum atomic E-state index is 11.0. The van der Waals surface area contributed by atoms with Crippen molar-refractivity contribution >= 4 is 5.97 Å². The largest absolute Gasteiger partial charge is 0.481 e. The number of nitrogens with zero attached hydrogens (tertiary/aromatic N) is 2. The van der Waals surface area contributed by atoms with E-state index >= 15 is 0 Å². The van der Waals surface area contributed by atoms with E-state index in [4.69, 9.17) is 5.11 Å². The van der Waals surface area contributed by atoms with E-state index in [9.17, 15) is 4.79 Å². The molecule has 4 nitrogen and oxygen atoms in total. The summed E-state index contributed by atoms with van der Waals surface area (Å²) < 4.78 is 2.02. The van der Waals surface area contributed by atoms with Crippen molar-refractivity contribution in [1.82, 2.24) is 9.55 Å². The highest BCUT2D eigenvalue weighted by molar-refractivity contribution is 5.69. The number of aliphatic carboxylic acids is 1. The highest BCUT2D eigenvalue weighted by atomic mass is 16.4. The summed E-state index contributed by atoms with van der Waals surface area (Å²) in [5, 5.41) is 9.03. The predicted molar refractivity (Wildman–Crippen MR) is 77.8 cm³/mol. The van der Waals surface area contributed by atoms with Crippen LogP contribution in [0, 0.1) is 0 Å². The minimum Gasteiger partial charge on any atom is -0.481 e. The highest BCUT2D eigenvalue weighted by Crippen LogP contribution is 2.23. The molecule has 0 aliphatic rings. The molecule has 1 aromatic heterocycles. The Balaban J connectivity index is 2.41. The summed E-state index contributed by atoms with van der Waals surface area (Å²) in [6.07, 6.45) is 1.67. The van der Waals surface area contributed by atoms with Crippen LogP contribution in [0.2, 0.25) is 0 Å². The van der Waals surface area contributed by atoms with Gasteiger partial charge in [-0.25, -0.2) is 4.98 Å². The minimum absolute atomic E-state index is 0.00405. The van der Waals surface area contributed by atoms with Gasteiger partial charge in [-0.3, -0.25) is 4.79 Å². The van der Waals surface area contributed by atoms with Gasteiger partial charge in [-0.15, -0.1) is 0 Å². The van der Waals surface area contributed by atoms with Gasteiger partial charge in [0, 0.05) is 23.9 Å². The molecule has 20 heavy (non-hydrogen) atoms. The van der Waals surface area contributed by atoms with E-state index < -0.39 is 5.97 Å². The van der Waals surface area contributed by atoms with Gasteiger partial charge in [0.15, 0.2) is 0 Å². The number of aromatic nitrogens is 2. The van der Waals surface area contributed by atoms with Crippen LogP contribution in [0.4, 0.5) is 0 Å². The van der Waals surface area contributed by atoms with Crippen LogP contribution in [-0.2, 0) is 23.2 Å². The number of hydrogen-bond acceptors (Lipinski definition) is 2. The first-order chi connectivity index (χ1) is 9.38. The Morgan fingerprint density at radius 2 is 1.90 bits per heavy atom. The number of hydrogen-bond donors (Lipinski definition) is 1. The average molecular weight is 272 g/mol. The molecule has 2 aromatic rings. The van der Waals surface area contributed by atoms with E-state index in [1.54, 1.807) is 6.20 Å². The Morgan fingerprint density at radius 3 is 2.45 bits per heavy atom. The van der Waals surface area contributed by atoms with Crippen LogP contribution in [0.25, 0.3) is 0 Å². The van der Waals surface area contributed by atoms with Crippen molar-refractivity contribution < 1.29 is 9.90 Å². The number of carboxylic acids is 1. The SMILES string of the molecule is CC(C)(C)c1ncc(CC(=O)O)n1Cc1ccccc1. The van der Waals surface area contributed by atoms with Crippen LogP contribution < -0.4 is 0 Å². The smallest absolute Gasteiger partial charge is 0.309 e. The first kappa shape index (κ1) is 14.3. The second-order valence-corrected chi connectivity index (χ2v) is 5.97. The zero-order valence-corrected chi connectivity index (χ0v) is 12.1. The summed E-state index contributed by atoms with van der Waals surface area (Å²) in [6, 6.07) is 10.0. The lowest BCUT2D eigenvalue weighted by molar-refractivity contribution is -0.136. The normalized spacial score (nSPS) is 11.6. The van der Waals surface area contributed by atoms with Gasteiger partial charge in [-0.05, 0) is 5.56 Å². The zero-order valence-electron chi connectivity index (χ0n) is 12.1. The third-order valence-corrected chi connectivity index (χ3v) is 3.12. The fourth-order valence-corrected chi connectivity index (χ4v) is 2.25. The summed E-state index contributed by atoms with van der Waals surface area (Å²) in [5.41, 5.74) is 1.76. The van der Waals surface area contributed by atoms with Gasteiger partial charge < -0.3 is 9.67 Å². The van der Waals surface area contributed by atoms with E-state index in [2.05, 4.69) is 25.8 Å². The minimum atomic E-state index is -0.834. The topological polar surface area (TPSA) is 55.1 Å². The van der Waals surface area contributed by atoms with Crippen LogP contribution in [0.15, 0.2) is 36.5 Å². The molecule has 0 aliphatic carbocycles. The second-order valence-electron chi connectivity index (χ2n) is 5.97. The van der Waals surface area contributed by atoms with Crippen molar-refractivity contribution in [3.8, 4) is 0 Å². The Morgan fingerprint density at radius 1 is 1.25 bits per heavy atom. The molecular weight excluding hydrogens is 252 g/mol. The van der Waals surface area contributed by atoms with E-state index in [0.717, 1.165) is 17.1 Å². The van der Waals surface area contributed by atoms with Crippen LogP contribution >= 0.6 is 0 Å². The molecule has 0 saturated carbocycles. The van der Waals surface area contributed by atoms with Crippen LogP contribution in [-0.4, -0.2) is 20.6 Å². The number of imidazole rings is 1. The predicted octanol–water partition coefficient (Wildman–Crippen LogP) is 2.86. The van der Waals surface area contributed by atoms with E-state index in [1.807, 2.05) is 34.9 Å². The molecule has 0 bridgehead atoms. The maximum Gasteiger partial charge on any atom is 0.309 e. The molecule has 0 radical (unpaired) electrons. The van der Waals surface area contributed by atoms with Crippen molar-refractivity contribution in [3.63, 3.8) is 0 Å². The monoisotopic (exact) mass is 272 g/mol. The molecule has 1 heterocycles. The highest BCUT2D eigenvalue weighted by Gasteiger charge is 2.23.